The molecule has 0 spiro atoms. The van der Waals surface area contributed by atoms with E-state index in [2.05, 4.69) is 33.0 Å². The fourth-order valence-electron chi connectivity index (χ4n) is 1.75. The monoisotopic (exact) mass is 311 g/mol. The molecule has 17 heavy (non-hydrogen) atoms. The molecule has 90 valence electrons. The van der Waals surface area contributed by atoms with Crippen LogP contribution in [0.3, 0.4) is 0 Å². The minimum atomic E-state index is -0.0622. The number of aromatic nitrogens is 1. The van der Waals surface area contributed by atoms with Gasteiger partial charge in [0.1, 0.15) is 5.78 Å². The number of nitrogens with zero attached hydrogens (tertiary/aromatic N) is 1. The Kier molecular flexibility index (Phi) is 4.29. The van der Waals surface area contributed by atoms with Crippen molar-refractivity contribution in [3.05, 3.63) is 29.3 Å². The Morgan fingerprint density at radius 2 is 2.35 bits per heavy atom. The molecule has 0 aliphatic carbocycles. The molecule has 2 rings (SSSR count). The maximum Gasteiger partial charge on any atom is 0.146 e. The number of halogens is 1. The first-order valence-electron chi connectivity index (χ1n) is 5.69. The van der Waals surface area contributed by atoms with Crippen molar-refractivity contribution in [1.82, 2.24) is 4.98 Å². The van der Waals surface area contributed by atoms with Crippen molar-refractivity contribution >= 4 is 43.3 Å². The SMILES string of the molecule is CCCC(=O)C(Br)Cc1ccc2ncsc2c1. The van der Waals surface area contributed by atoms with Gasteiger partial charge in [-0.3, -0.25) is 4.79 Å². The van der Waals surface area contributed by atoms with Gasteiger partial charge in [-0.15, -0.1) is 11.3 Å². The Bertz CT molecular complexity index is 523. The van der Waals surface area contributed by atoms with Crippen LogP contribution >= 0.6 is 27.3 Å². The minimum absolute atomic E-state index is 0.0622. The number of Topliss-reactive ketones (excluding diaryl/α,β-unsaturated/α-hetero) is 1. The number of hydrogen-bond acceptors (Lipinski definition) is 3. The summed E-state index contributed by atoms with van der Waals surface area (Å²) in [6.45, 7) is 2.03. The van der Waals surface area contributed by atoms with Gasteiger partial charge in [0.2, 0.25) is 0 Å². The molecular formula is C13H14BrNOS. The molecule has 0 radical (unpaired) electrons. The number of alkyl halides is 1. The van der Waals surface area contributed by atoms with Crippen LogP contribution in [0.15, 0.2) is 23.7 Å². The van der Waals surface area contributed by atoms with Crippen LogP contribution in [0.25, 0.3) is 10.2 Å². The Morgan fingerprint density at radius 1 is 1.53 bits per heavy atom. The lowest BCUT2D eigenvalue weighted by Crippen LogP contribution is -2.16. The number of ketones is 1. The van der Waals surface area contributed by atoms with Crippen LogP contribution in [0.5, 0.6) is 0 Å². The molecule has 0 bridgehead atoms. The second-order valence-electron chi connectivity index (χ2n) is 4.04. The predicted octanol–water partition coefficient (Wildman–Crippen LogP) is 3.97. The van der Waals surface area contributed by atoms with E-state index in [1.165, 1.54) is 10.3 Å². The molecule has 0 saturated carbocycles. The molecule has 0 N–H and O–H groups in total. The van der Waals surface area contributed by atoms with Crippen molar-refractivity contribution in [2.45, 2.75) is 31.0 Å². The van der Waals surface area contributed by atoms with Gasteiger partial charge < -0.3 is 0 Å². The summed E-state index contributed by atoms with van der Waals surface area (Å²) < 4.78 is 1.19. The second-order valence-corrected chi connectivity index (χ2v) is 6.03. The van der Waals surface area contributed by atoms with Crippen molar-refractivity contribution in [2.75, 3.05) is 0 Å². The van der Waals surface area contributed by atoms with E-state index in [-0.39, 0.29) is 10.6 Å². The molecule has 0 saturated heterocycles. The van der Waals surface area contributed by atoms with Crippen molar-refractivity contribution < 1.29 is 4.79 Å². The largest absolute Gasteiger partial charge is 0.298 e. The molecule has 1 aromatic carbocycles. The summed E-state index contributed by atoms with van der Waals surface area (Å²) in [4.78, 5) is 15.9. The molecule has 0 aliphatic rings. The maximum absolute atomic E-state index is 11.7. The van der Waals surface area contributed by atoms with Crippen LogP contribution < -0.4 is 0 Å². The molecule has 1 unspecified atom stereocenters. The van der Waals surface area contributed by atoms with Gasteiger partial charge in [-0.2, -0.15) is 0 Å². The second kappa shape index (κ2) is 5.74. The topological polar surface area (TPSA) is 30.0 Å². The van der Waals surface area contributed by atoms with Crippen molar-refractivity contribution in [2.24, 2.45) is 0 Å². The number of thiazole rings is 1. The molecular weight excluding hydrogens is 298 g/mol. The fourth-order valence-corrected chi connectivity index (χ4v) is 3.09. The first-order chi connectivity index (χ1) is 8.20. The van der Waals surface area contributed by atoms with E-state index in [0.717, 1.165) is 18.4 Å². The lowest BCUT2D eigenvalue weighted by atomic mass is 10.1. The number of carbonyl (C=O) groups excluding carboxylic acids is 1. The quantitative estimate of drug-likeness (QED) is 0.782. The maximum atomic E-state index is 11.7. The highest BCUT2D eigenvalue weighted by molar-refractivity contribution is 9.10. The van der Waals surface area contributed by atoms with E-state index in [9.17, 15) is 4.79 Å². The zero-order valence-electron chi connectivity index (χ0n) is 9.65. The van der Waals surface area contributed by atoms with Gasteiger partial charge >= 0.3 is 0 Å². The molecule has 0 aliphatic heterocycles. The molecule has 1 atom stereocenters. The van der Waals surface area contributed by atoms with Gasteiger partial charge in [0.05, 0.1) is 20.6 Å². The number of rotatable bonds is 5. The fraction of sp³-hybridized carbons (Fsp3) is 0.385. The molecule has 1 aromatic heterocycles. The summed E-state index contributed by atoms with van der Waals surface area (Å²) in [6.07, 6.45) is 2.32. The predicted molar refractivity (Wildman–Crippen MR) is 76.0 cm³/mol. The van der Waals surface area contributed by atoms with Crippen LogP contribution in [-0.2, 0) is 11.2 Å². The lowest BCUT2D eigenvalue weighted by molar-refractivity contribution is -0.118. The van der Waals surface area contributed by atoms with Gasteiger partial charge in [0.15, 0.2) is 0 Å². The third kappa shape index (κ3) is 3.13. The van der Waals surface area contributed by atoms with Crippen LogP contribution in [0.4, 0.5) is 0 Å². The number of hydrogen-bond donors (Lipinski definition) is 0. The summed E-state index contributed by atoms with van der Waals surface area (Å²) in [7, 11) is 0. The van der Waals surface area contributed by atoms with E-state index in [1.54, 1.807) is 11.3 Å². The zero-order valence-corrected chi connectivity index (χ0v) is 12.1. The van der Waals surface area contributed by atoms with Crippen LogP contribution in [0.2, 0.25) is 0 Å². The van der Waals surface area contributed by atoms with Crippen LogP contribution in [0, 0.1) is 0 Å². The molecule has 1 heterocycles. The Hall–Kier alpha value is -0.740. The van der Waals surface area contributed by atoms with Crippen molar-refractivity contribution in [3.8, 4) is 0 Å². The van der Waals surface area contributed by atoms with E-state index >= 15 is 0 Å². The molecule has 0 amide bonds. The van der Waals surface area contributed by atoms with Gasteiger partial charge in [-0.25, -0.2) is 4.98 Å². The highest BCUT2D eigenvalue weighted by Crippen LogP contribution is 2.21. The number of fused-ring (bicyclic) bond motifs is 1. The zero-order chi connectivity index (χ0) is 12.3. The summed E-state index contributed by atoms with van der Waals surface area (Å²) in [5, 5.41) is 0. The van der Waals surface area contributed by atoms with Crippen LogP contribution in [0.1, 0.15) is 25.3 Å². The minimum Gasteiger partial charge on any atom is -0.298 e. The first kappa shape index (κ1) is 12.7. The number of benzene rings is 1. The third-order valence-electron chi connectivity index (χ3n) is 2.66. The van der Waals surface area contributed by atoms with Crippen LogP contribution in [-0.4, -0.2) is 15.6 Å². The highest BCUT2D eigenvalue weighted by Gasteiger charge is 2.14. The van der Waals surface area contributed by atoms with E-state index in [0.29, 0.717) is 6.42 Å². The first-order valence-corrected chi connectivity index (χ1v) is 7.49. The smallest absolute Gasteiger partial charge is 0.146 e. The molecule has 2 aromatic rings. The molecule has 0 fully saturated rings. The summed E-state index contributed by atoms with van der Waals surface area (Å²) in [6, 6.07) is 6.20. The normalized spacial score (nSPS) is 12.8. The van der Waals surface area contributed by atoms with E-state index < -0.39 is 0 Å². The standard InChI is InChI=1S/C13H14BrNOS/c1-2-3-12(16)10(14)6-9-4-5-11-13(7-9)17-8-15-11/h4-5,7-8,10H,2-3,6H2,1H3. The Balaban J connectivity index is 2.09. The number of carbonyl (C=O) groups is 1. The average Bonchev–Trinajstić information content (AvgIpc) is 2.76. The molecule has 2 nitrogen and oxygen atoms in total. The average molecular weight is 312 g/mol. The third-order valence-corrected chi connectivity index (χ3v) is 4.28. The Morgan fingerprint density at radius 3 is 3.12 bits per heavy atom. The lowest BCUT2D eigenvalue weighted by Gasteiger charge is -2.08. The van der Waals surface area contributed by atoms with Gasteiger partial charge in [-0.05, 0) is 30.5 Å². The summed E-state index contributed by atoms with van der Waals surface area (Å²) in [5.74, 6) is 0.289. The van der Waals surface area contributed by atoms with Crippen molar-refractivity contribution in [3.63, 3.8) is 0 Å². The van der Waals surface area contributed by atoms with E-state index in [4.69, 9.17) is 0 Å². The van der Waals surface area contributed by atoms with Gasteiger partial charge in [0.25, 0.3) is 0 Å². The summed E-state index contributed by atoms with van der Waals surface area (Å²) in [5.41, 5.74) is 4.07. The summed E-state index contributed by atoms with van der Waals surface area (Å²) >= 11 is 5.11. The Labute approximate surface area is 113 Å². The molecule has 4 heteroatoms. The van der Waals surface area contributed by atoms with Gasteiger partial charge in [0, 0.05) is 6.42 Å². The van der Waals surface area contributed by atoms with Gasteiger partial charge in [-0.1, -0.05) is 28.9 Å². The highest BCUT2D eigenvalue weighted by atomic mass is 79.9. The van der Waals surface area contributed by atoms with Crippen molar-refractivity contribution in [1.29, 1.82) is 0 Å². The van der Waals surface area contributed by atoms with E-state index in [1.807, 2.05) is 18.5 Å².